The number of ether oxygens (including phenoxy) is 1. The molecule has 0 radical (unpaired) electrons. The Kier molecular flexibility index (Phi) is 3.89. The van der Waals surface area contributed by atoms with Gasteiger partial charge in [0.2, 0.25) is 0 Å². The molecule has 0 aliphatic rings. The van der Waals surface area contributed by atoms with Crippen LogP contribution in [0.3, 0.4) is 0 Å². The third kappa shape index (κ3) is 3.36. The van der Waals surface area contributed by atoms with E-state index in [1.807, 2.05) is 55.5 Å². The maximum atomic E-state index is 5.88. The average Bonchev–Trinajstić information content (AvgIpc) is 2.29. The van der Waals surface area contributed by atoms with E-state index >= 15 is 0 Å². The van der Waals surface area contributed by atoms with Crippen molar-refractivity contribution in [1.82, 2.24) is 0 Å². The minimum absolute atomic E-state index is 0.00306. The van der Waals surface area contributed by atoms with Crippen molar-refractivity contribution >= 4 is 28.3 Å². The number of hydrogen-bond acceptors (Lipinski definition) is 2. The molecule has 0 heterocycles. The van der Waals surface area contributed by atoms with Gasteiger partial charge in [-0.1, -0.05) is 18.2 Å². The summed E-state index contributed by atoms with van der Waals surface area (Å²) in [4.78, 5) is 0. The fourth-order valence-electron chi connectivity index (χ4n) is 1.62. The molecule has 0 saturated carbocycles. The van der Waals surface area contributed by atoms with Crippen molar-refractivity contribution in [2.75, 3.05) is 5.73 Å². The van der Waals surface area contributed by atoms with Crippen molar-refractivity contribution in [2.45, 2.75) is 13.0 Å². The van der Waals surface area contributed by atoms with Gasteiger partial charge in [-0.05, 0) is 65.4 Å². The number of benzene rings is 2. The molecule has 2 aromatic rings. The zero-order valence-corrected chi connectivity index (χ0v) is 11.7. The molecule has 2 N–H and O–H groups in total. The predicted octanol–water partition coefficient (Wildman–Crippen LogP) is 4.01. The molecule has 0 bridgehead atoms. The van der Waals surface area contributed by atoms with Crippen molar-refractivity contribution in [2.24, 2.45) is 0 Å². The van der Waals surface area contributed by atoms with E-state index in [0.717, 1.165) is 17.0 Å². The smallest absolute Gasteiger partial charge is 0.121 e. The van der Waals surface area contributed by atoms with Gasteiger partial charge < -0.3 is 10.5 Å². The lowest BCUT2D eigenvalue weighted by molar-refractivity contribution is 0.227. The highest BCUT2D eigenvalue weighted by atomic mass is 127. The summed E-state index contributed by atoms with van der Waals surface area (Å²) in [5.74, 6) is 0.881. The maximum Gasteiger partial charge on any atom is 0.121 e. The molecule has 0 aromatic heterocycles. The van der Waals surface area contributed by atoms with Crippen molar-refractivity contribution in [3.8, 4) is 5.75 Å². The Bertz CT molecular complexity index is 513. The molecule has 2 nitrogen and oxygen atoms in total. The molecule has 3 heteroatoms. The first-order valence-electron chi connectivity index (χ1n) is 5.43. The van der Waals surface area contributed by atoms with Crippen LogP contribution >= 0.6 is 22.6 Å². The van der Waals surface area contributed by atoms with Crippen LogP contribution in [0.1, 0.15) is 18.6 Å². The molecule has 0 saturated heterocycles. The van der Waals surface area contributed by atoms with Gasteiger partial charge in [0, 0.05) is 9.26 Å². The van der Waals surface area contributed by atoms with Crippen LogP contribution in [0.2, 0.25) is 0 Å². The Hall–Kier alpha value is -1.23. The van der Waals surface area contributed by atoms with E-state index in [0.29, 0.717) is 0 Å². The van der Waals surface area contributed by atoms with E-state index in [4.69, 9.17) is 10.5 Å². The van der Waals surface area contributed by atoms with Crippen LogP contribution in [0.15, 0.2) is 48.5 Å². The molecule has 2 aromatic carbocycles. The highest BCUT2D eigenvalue weighted by Crippen LogP contribution is 2.23. The fourth-order valence-corrected chi connectivity index (χ4v) is 2.14. The second kappa shape index (κ2) is 5.40. The van der Waals surface area contributed by atoms with Crippen LogP contribution in [0, 0.1) is 3.57 Å². The molecule has 17 heavy (non-hydrogen) atoms. The third-order valence-corrected chi connectivity index (χ3v) is 3.16. The number of anilines is 1. The first kappa shape index (κ1) is 12.2. The van der Waals surface area contributed by atoms with Crippen molar-refractivity contribution in [3.63, 3.8) is 0 Å². The molecule has 0 amide bonds. The Morgan fingerprint density at radius 3 is 2.59 bits per heavy atom. The number of nitrogens with two attached hydrogens (primary N) is 1. The number of nitrogen functional groups attached to an aromatic ring is 1. The number of rotatable bonds is 3. The second-order valence-electron chi connectivity index (χ2n) is 3.89. The summed E-state index contributed by atoms with van der Waals surface area (Å²) in [5, 5.41) is 0. The summed E-state index contributed by atoms with van der Waals surface area (Å²) >= 11 is 2.27. The minimum Gasteiger partial charge on any atom is -0.486 e. The second-order valence-corrected chi connectivity index (χ2v) is 5.13. The van der Waals surface area contributed by atoms with Crippen molar-refractivity contribution in [1.29, 1.82) is 0 Å². The molecule has 0 fully saturated rings. The Morgan fingerprint density at radius 2 is 1.88 bits per heavy atom. The van der Waals surface area contributed by atoms with E-state index in [1.165, 1.54) is 3.57 Å². The predicted molar refractivity (Wildman–Crippen MR) is 79.1 cm³/mol. The topological polar surface area (TPSA) is 35.2 Å². The van der Waals surface area contributed by atoms with Gasteiger partial charge in [-0.25, -0.2) is 0 Å². The van der Waals surface area contributed by atoms with Gasteiger partial charge in [0.25, 0.3) is 0 Å². The zero-order chi connectivity index (χ0) is 12.3. The van der Waals surface area contributed by atoms with Gasteiger partial charge in [-0.15, -0.1) is 0 Å². The largest absolute Gasteiger partial charge is 0.486 e. The summed E-state index contributed by atoms with van der Waals surface area (Å²) in [6.07, 6.45) is -0.00306. The molecular formula is C14H14INO. The van der Waals surface area contributed by atoms with Gasteiger partial charge >= 0.3 is 0 Å². The van der Waals surface area contributed by atoms with E-state index in [-0.39, 0.29) is 6.10 Å². The van der Waals surface area contributed by atoms with E-state index in [1.54, 1.807) is 0 Å². The molecule has 0 spiro atoms. The molecular weight excluding hydrogens is 325 g/mol. The Morgan fingerprint density at radius 1 is 1.12 bits per heavy atom. The monoisotopic (exact) mass is 339 g/mol. The maximum absolute atomic E-state index is 5.88. The van der Waals surface area contributed by atoms with Gasteiger partial charge in [-0.2, -0.15) is 0 Å². The molecule has 88 valence electrons. The molecule has 1 atom stereocenters. The SMILES string of the molecule is CC(Oc1cccc(I)c1)c1cccc(N)c1. The first-order chi connectivity index (χ1) is 8.15. The lowest BCUT2D eigenvalue weighted by Crippen LogP contribution is -2.03. The fraction of sp³-hybridized carbons (Fsp3) is 0.143. The molecule has 0 aliphatic heterocycles. The quantitative estimate of drug-likeness (QED) is 0.677. The van der Waals surface area contributed by atoms with Crippen molar-refractivity contribution < 1.29 is 4.74 Å². The summed E-state index contributed by atoms with van der Waals surface area (Å²) < 4.78 is 7.04. The lowest BCUT2D eigenvalue weighted by Gasteiger charge is -2.15. The normalized spacial score (nSPS) is 12.1. The van der Waals surface area contributed by atoms with Crippen LogP contribution in [0.4, 0.5) is 5.69 Å². The lowest BCUT2D eigenvalue weighted by atomic mass is 10.1. The van der Waals surface area contributed by atoms with E-state index in [2.05, 4.69) is 22.6 Å². The van der Waals surface area contributed by atoms with Gasteiger partial charge in [0.1, 0.15) is 11.9 Å². The number of hydrogen-bond donors (Lipinski definition) is 1. The van der Waals surface area contributed by atoms with Crippen LogP contribution in [0.25, 0.3) is 0 Å². The highest BCUT2D eigenvalue weighted by molar-refractivity contribution is 14.1. The van der Waals surface area contributed by atoms with Crippen LogP contribution in [-0.4, -0.2) is 0 Å². The summed E-state index contributed by atoms with van der Waals surface area (Å²) in [7, 11) is 0. The van der Waals surface area contributed by atoms with E-state index < -0.39 is 0 Å². The number of halogens is 1. The minimum atomic E-state index is -0.00306. The van der Waals surface area contributed by atoms with Gasteiger partial charge in [0.15, 0.2) is 0 Å². The van der Waals surface area contributed by atoms with Gasteiger partial charge in [-0.3, -0.25) is 0 Å². The molecule has 1 unspecified atom stereocenters. The van der Waals surface area contributed by atoms with Gasteiger partial charge in [0.05, 0.1) is 0 Å². The highest BCUT2D eigenvalue weighted by Gasteiger charge is 2.07. The average molecular weight is 339 g/mol. The Balaban J connectivity index is 2.14. The summed E-state index contributed by atoms with van der Waals surface area (Å²) in [5.41, 5.74) is 7.61. The van der Waals surface area contributed by atoms with Crippen LogP contribution < -0.4 is 10.5 Å². The third-order valence-electron chi connectivity index (χ3n) is 2.49. The zero-order valence-electron chi connectivity index (χ0n) is 9.56. The van der Waals surface area contributed by atoms with E-state index in [9.17, 15) is 0 Å². The molecule has 2 rings (SSSR count). The summed E-state index contributed by atoms with van der Waals surface area (Å²) in [6, 6.07) is 15.8. The van der Waals surface area contributed by atoms with Crippen molar-refractivity contribution in [3.05, 3.63) is 57.7 Å². The van der Waals surface area contributed by atoms with Crippen LogP contribution in [0.5, 0.6) is 5.75 Å². The Labute approximate surface area is 115 Å². The standard InChI is InChI=1S/C14H14INO/c1-10(11-4-2-6-13(16)8-11)17-14-7-3-5-12(15)9-14/h2-10H,16H2,1H3. The summed E-state index contributed by atoms with van der Waals surface area (Å²) in [6.45, 7) is 2.02. The van der Waals surface area contributed by atoms with Crippen LogP contribution in [-0.2, 0) is 0 Å². The first-order valence-corrected chi connectivity index (χ1v) is 6.50. The molecule has 0 aliphatic carbocycles.